The van der Waals surface area contributed by atoms with Gasteiger partial charge in [-0.15, -0.1) is 0 Å². The molecule has 0 radical (unpaired) electrons. The quantitative estimate of drug-likeness (QED) is 0.640. The summed E-state index contributed by atoms with van der Waals surface area (Å²) in [5.41, 5.74) is 2.19. The van der Waals surface area contributed by atoms with Gasteiger partial charge in [0, 0.05) is 32.7 Å². The van der Waals surface area contributed by atoms with Gasteiger partial charge in [-0.1, -0.05) is 41.4 Å². The van der Waals surface area contributed by atoms with Crippen LogP contribution >= 0.6 is 23.2 Å². The Morgan fingerprint density at radius 1 is 1.11 bits per heavy atom. The van der Waals surface area contributed by atoms with Gasteiger partial charge in [0.15, 0.2) is 0 Å². The topological polar surface area (TPSA) is 32.8 Å². The van der Waals surface area contributed by atoms with Crippen molar-refractivity contribution in [2.24, 2.45) is 5.92 Å². The number of carbonyl (C=O) groups excluding carboxylic acids is 1. The zero-order valence-electron chi connectivity index (χ0n) is 16.5. The van der Waals surface area contributed by atoms with Gasteiger partial charge < -0.3 is 9.64 Å². The van der Waals surface area contributed by atoms with Crippen LogP contribution in [0.15, 0.2) is 42.5 Å². The number of carbonyl (C=O) groups is 1. The monoisotopic (exact) mass is 420 g/mol. The number of hydrogen-bond donors (Lipinski definition) is 0. The molecule has 1 saturated heterocycles. The van der Waals surface area contributed by atoms with E-state index in [0.29, 0.717) is 16.7 Å². The summed E-state index contributed by atoms with van der Waals surface area (Å²) in [6.07, 6.45) is 0. The second kappa shape index (κ2) is 9.17. The van der Waals surface area contributed by atoms with Crippen molar-refractivity contribution < 1.29 is 9.53 Å². The van der Waals surface area contributed by atoms with Crippen molar-refractivity contribution in [3.8, 4) is 5.75 Å². The average molecular weight is 421 g/mol. The van der Waals surface area contributed by atoms with Crippen LogP contribution in [-0.2, 0) is 17.9 Å². The first-order valence-corrected chi connectivity index (χ1v) is 10.2. The van der Waals surface area contributed by atoms with Crippen LogP contribution in [0.3, 0.4) is 0 Å². The van der Waals surface area contributed by atoms with Gasteiger partial charge in [0.1, 0.15) is 12.4 Å². The molecule has 6 heteroatoms. The summed E-state index contributed by atoms with van der Waals surface area (Å²) < 4.78 is 5.82. The lowest BCUT2D eigenvalue weighted by Gasteiger charge is -2.40. The number of likely N-dealkylation sites (tertiary alicyclic amines) is 1. The van der Waals surface area contributed by atoms with Crippen molar-refractivity contribution in [2.45, 2.75) is 33.0 Å². The molecule has 1 amide bonds. The number of halogens is 2. The Morgan fingerprint density at radius 2 is 1.75 bits per heavy atom. The first-order valence-electron chi connectivity index (χ1n) is 9.48. The minimum absolute atomic E-state index is 0.126. The van der Waals surface area contributed by atoms with Crippen LogP contribution in [0.25, 0.3) is 0 Å². The van der Waals surface area contributed by atoms with Gasteiger partial charge in [-0.25, -0.2) is 0 Å². The highest BCUT2D eigenvalue weighted by Crippen LogP contribution is 2.24. The Kier molecular flexibility index (Phi) is 6.86. The maximum Gasteiger partial charge on any atom is 0.228 e. The van der Waals surface area contributed by atoms with Gasteiger partial charge in [-0.2, -0.15) is 0 Å². The molecule has 0 N–H and O–H groups in total. The van der Waals surface area contributed by atoms with Crippen LogP contribution in [0.1, 0.15) is 25.0 Å². The molecule has 0 aromatic heterocycles. The molecule has 28 heavy (non-hydrogen) atoms. The Hall–Kier alpha value is -1.75. The van der Waals surface area contributed by atoms with Gasteiger partial charge in [0.25, 0.3) is 0 Å². The summed E-state index contributed by atoms with van der Waals surface area (Å²) >= 11 is 12.0. The molecule has 1 heterocycles. The lowest BCUT2D eigenvalue weighted by molar-refractivity contribution is -0.141. The molecule has 2 aromatic carbocycles. The van der Waals surface area contributed by atoms with Crippen LogP contribution in [0.5, 0.6) is 5.75 Å². The molecule has 0 aliphatic carbocycles. The fraction of sp³-hybridized carbons (Fsp3) is 0.409. The maximum absolute atomic E-state index is 12.3. The Labute approximate surface area is 177 Å². The third-order valence-corrected chi connectivity index (χ3v) is 5.89. The van der Waals surface area contributed by atoms with Crippen LogP contribution in [-0.4, -0.2) is 41.9 Å². The van der Waals surface area contributed by atoms with E-state index in [2.05, 4.69) is 17.0 Å². The number of nitrogens with zero attached hydrogens (tertiary/aromatic N) is 2. The third kappa shape index (κ3) is 5.19. The molecule has 3 rings (SSSR count). The van der Waals surface area contributed by atoms with Crippen molar-refractivity contribution in [3.05, 3.63) is 63.6 Å². The molecular weight excluding hydrogens is 395 g/mol. The predicted molar refractivity (Wildman–Crippen MR) is 114 cm³/mol. The van der Waals surface area contributed by atoms with Crippen molar-refractivity contribution in [1.29, 1.82) is 0 Å². The molecular formula is C22H26Cl2N2O2. The summed E-state index contributed by atoms with van der Waals surface area (Å²) in [5.74, 6) is 1.18. The van der Waals surface area contributed by atoms with E-state index in [9.17, 15) is 4.79 Å². The lowest BCUT2D eigenvalue weighted by Crippen LogP contribution is -2.54. The predicted octanol–water partition coefficient (Wildman–Crippen LogP) is 4.87. The molecule has 0 atom stereocenters. The molecule has 1 fully saturated rings. The first-order chi connectivity index (χ1) is 13.3. The molecule has 0 bridgehead atoms. The van der Waals surface area contributed by atoms with Gasteiger partial charge in [-0.05, 0) is 49.2 Å². The summed E-state index contributed by atoms with van der Waals surface area (Å²) in [6.45, 7) is 7.02. The van der Waals surface area contributed by atoms with E-state index in [-0.39, 0.29) is 17.9 Å². The standard InChI is InChI=1S/C22H26Cl2N2O2/c1-15(2)25(3)22(27)18-12-26(13-18)11-16-4-7-19(8-5-16)28-14-17-6-9-20(23)21(24)10-17/h4-10,15,18H,11-14H2,1-3H3. The van der Waals surface area contributed by atoms with E-state index in [1.165, 1.54) is 5.56 Å². The zero-order valence-corrected chi connectivity index (χ0v) is 18.0. The molecule has 1 aliphatic heterocycles. The molecule has 4 nitrogen and oxygen atoms in total. The van der Waals surface area contributed by atoms with Crippen molar-refractivity contribution in [3.63, 3.8) is 0 Å². The average Bonchev–Trinajstić information content (AvgIpc) is 2.65. The van der Waals surface area contributed by atoms with Crippen LogP contribution < -0.4 is 4.74 Å². The fourth-order valence-corrected chi connectivity index (χ4v) is 3.46. The lowest BCUT2D eigenvalue weighted by atomic mass is 9.97. The van der Waals surface area contributed by atoms with E-state index in [0.717, 1.165) is 30.9 Å². The van der Waals surface area contributed by atoms with Gasteiger partial charge in [-0.3, -0.25) is 9.69 Å². The zero-order chi connectivity index (χ0) is 20.3. The van der Waals surface area contributed by atoms with Crippen molar-refractivity contribution in [1.82, 2.24) is 9.80 Å². The van der Waals surface area contributed by atoms with Gasteiger partial charge >= 0.3 is 0 Å². The molecule has 2 aromatic rings. The SMILES string of the molecule is CC(C)N(C)C(=O)C1CN(Cc2ccc(OCc3ccc(Cl)c(Cl)c3)cc2)C1. The van der Waals surface area contributed by atoms with E-state index in [1.54, 1.807) is 6.07 Å². The number of benzene rings is 2. The highest BCUT2D eigenvalue weighted by Gasteiger charge is 2.34. The number of ether oxygens (including phenoxy) is 1. The number of amides is 1. The Bertz CT molecular complexity index is 818. The van der Waals surface area contributed by atoms with Crippen LogP contribution in [0, 0.1) is 5.92 Å². The van der Waals surface area contributed by atoms with Crippen LogP contribution in [0.4, 0.5) is 0 Å². The van der Waals surface area contributed by atoms with Crippen molar-refractivity contribution in [2.75, 3.05) is 20.1 Å². The number of hydrogen-bond acceptors (Lipinski definition) is 3. The number of rotatable bonds is 7. The molecule has 0 spiro atoms. The minimum Gasteiger partial charge on any atom is -0.489 e. The van der Waals surface area contributed by atoms with Crippen molar-refractivity contribution >= 4 is 29.1 Å². The molecule has 1 aliphatic rings. The summed E-state index contributed by atoms with van der Waals surface area (Å²) in [4.78, 5) is 16.4. The highest BCUT2D eigenvalue weighted by atomic mass is 35.5. The van der Waals surface area contributed by atoms with E-state index in [4.69, 9.17) is 27.9 Å². The minimum atomic E-state index is 0.126. The fourth-order valence-electron chi connectivity index (χ4n) is 3.14. The smallest absolute Gasteiger partial charge is 0.228 e. The first kappa shape index (κ1) is 21.0. The largest absolute Gasteiger partial charge is 0.489 e. The Balaban J connectivity index is 1.45. The maximum atomic E-state index is 12.3. The summed E-state index contributed by atoms with van der Waals surface area (Å²) in [7, 11) is 1.88. The van der Waals surface area contributed by atoms with E-state index in [1.807, 2.05) is 50.1 Å². The van der Waals surface area contributed by atoms with E-state index >= 15 is 0 Å². The van der Waals surface area contributed by atoms with Crippen LogP contribution in [0.2, 0.25) is 10.0 Å². The highest BCUT2D eigenvalue weighted by molar-refractivity contribution is 6.42. The summed E-state index contributed by atoms with van der Waals surface area (Å²) in [6, 6.07) is 13.8. The Morgan fingerprint density at radius 3 is 2.36 bits per heavy atom. The normalized spacial score (nSPS) is 14.8. The second-order valence-electron chi connectivity index (χ2n) is 7.61. The molecule has 0 saturated carbocycles. The van der Waals surface area contributed by atoms with Gasteiger partial charge in [0.2, 0.25) is 5.91 Å². The van der Waals surface area contributed by atoms with E-state index < -0.39 is 0 Å². The summed E-state index contributed by atoms with van der Waals surface area (Å²) in [5, 5.41) is 1.07. The van der Waals surface area contributed by atoms with Gasteiger partial charge in [0.05, 0.1) is 16.0 Å². The third-order valence-electron chi connectivity index (χ3n) is 5.15. The molecule has 0 unspecified atom stereocenters. The second-order valence-corrected chi connectivity index (χ2v) is 8.43. The molecule has 150 valence electrons.